The molecule has 0 saturated carbocycles. The van der Waals surface area contributed by atoms with Crippen molar-refractivity contribution >= 4 is 11.3 Å². The largest absolute Gasteiger partial charge is 0.309 e. The molecule has 1 atom stereocenters. The van der Waals surface area contributed by atoms with Gasteiger partial charge in [0.25, 0.3) is 0 Å². The third-order valence-corrected chi connectivity index (χ3v) is 4.15. The maximum atomic E-state index is 3.68. The van der Waals surface area contributed by atoms with Crippen LogP contribution >= 0.6 is 11.3 Å². The van der Waals surface area contributed by atoms with Gasteiger partial charge >= 0.3 is 0 Å². The van der Waals surface area contributed by atoms with Crippen LogP contribution in [0.25, 0.3) is 0 Å². The maximum absolute atomic E-state index is 3.68. The third kappa shape index (κ3) is 3.33. The summed E-state index contributed by atoms with van der Waals surface area (Å²) in [6.45, 7) is 14.7. The van der Waals surface area contributed by atoms with Crippen molar-refractivity contribution in [2.75, 3.05) is 6.54 Å². The molecule has 1 rings (SSSR count). The Morgan fingerprint density at radius 2 is 1.94 bits per heavy atom. The van der Waals surface area contributed by atoms with E-state index in [0.717, 1.165) is 6.54 Å². The van der Waals surface area contributed by atoms with E-state index in [4.69, 9.17) is 0 Å². The first-order valence-electron chi connectivity index (χ1n) is 6.16. The lowest BCUT2D eigenvalue weighted by Gasteiger charge is -2.31. The van der Waals surface area contributed by atoms with Gasteiger partial charge in [0, 0.05) is 15.8 Å². The molecule has 0 saturated heterocycles. The average Bonchev–Trinajstić information content (AvgIpc) is 2.45. The standard InChI is InChI=1S/C14H25NS/c1-7-8-15-13(14(4,5)6)12-9-10(2)11(3)16-12/h9,13,15H,7-8H2,1-6H3. The fraction of sp³-hybridized carbons (Fsp3) is 0.714. The molecule has 1 nitrogen and oxygen atoms in total. The van der Waals surface area contributed by atoms with E-state index in [1.807, 2.05) is 11.3 Å². The summed E-state index contributed by atoms with van der Waals surface area (Å²) in [5, 5.41) is 3.68. The molecule has 92 valence electrons. The van der Waals surface area contributed by atoms with Gasteiger partial charge in [-0.05, 0) is 43.9 Å². The van der Waals surface area contributed by atoms with Gasteiger partial charge in [0.1, 0.15) is 0 Å². The van der Waals surface area contributed by atoms with Gasteiger partial charge in [-0.25, -0.2) is 0 Å². The first-order valence-corrected chi connectivity index (χ1v) is 6.98. The summed E-state index contributed by atoms with van der Waals surface area (Å²) in [5.74, 6) is 0. The quantitative estimate of drug-likeness (QED) is 0.818. The van der Waals surface area contributed by atoms with Gasteiger partial charge in [0.05, 0.1) is 0 Å². The van der Waals surface area contributed by atoms with E-state index in [-0.39, 0.29) is 5.41 Å². The molecule has 1 aromatic heterocycles. The zero-order valence-corrected chi connectivity index (χ0v) is 12.3. The molecule has 1 aromatic rings. The van der Waals surface area contributed by atoms with Gasteiger partial charge in [0.15, 0.2) is 0 Å². The summed E-state index contributed by atoms with van der Waals surface area (Å²) in [5.41, 5.74) is 1.70. The Hall–Kier alpha value is -0.340. The summed E-state index contributed by atoms with van der Waals surface area (Å²) in [6, 6.07) is 2.82. The Balaban J connectivity index is 2.92. The van der Waals surface area contributed by atoms with Gasteiger partial charge in [-0.3, -0.25) is 0 Å². The predicted octanol–water partition coefficient (Wildman–Crippen LogP) is 4.45. The molecular weight excluding hydrogens is 214 g/mol. The summed E-state index contributed by atoms with van der Waals surface area (Å²) in [7, 11) is 0. The Morgan fingerprint density at radius 1 is 1.31 bits per heavy atom. The maximum Gasteiger partial charge on any atom is 0.0464 e. The second-order valence-electron chi connectivity index (χ2n) is 5.64. The van der Waals surface area contributed by atoms with E-state index in [1.165, 1.54) is 21.7 Å². The van der Waals surface area contributed by atoms with Crippen LogP contribution in [0.4, 0.5) is 0 Å². The van der Waals surface area contributed by atoms with Crippen LogP contribution in [0.5, 0.6) is 0 Å². The Kier molecular flexibility index (Phi) is 4.57. The molecule has 0 aliphatic carbocycles. The van der Waals surface area contributed by atoms with Crippen molar-refractivity contribution in [3.05, 3.63) is 21.4 Å². The summed E-state index contributed by atoms with van der Waals surface area (Å²) >= 11 is 1.94. The molecule has 0 fully saturated rings. The number of nitrogens with one attached hydrogen (secondary N) is 1. The van der Waals surface area contributed by atoms with Crippen LogP contribution in [-0.2, 0) is 0 Å². The lowest BCUT2D eigenvalue weighted by atomic mass is 9.85. The Bertz CT molecular complexity index is 313. The molecule has 0 amide bonds. The van der Waals surface area contributed by atoms with Crippen molar-refractivity contribution < 1.29 is 0 Å². The highest BCUT2D eigenvalue weighted by molar-refractivity contribution is 7.12. The highest BCUT2D eigenvalue weighted by atomic mass is 32.1. The summed E-state index contributed by atoms with van der Waals surface area (Å²) in [4.78, 5) is 2.93. The minimum Gasteiger partial charge on any atom is -0.309 e. The molecule has 16 heavy (non-hydrogen) atoms. The zero-order valence-electron chi connectivity index (χ0n) is 11.5. The second kappa shape index (κ2) is 5.33. The summed E-state index contributed by atoms with van der Waals surface area (Å²) < 4.78 is 0. The lowest BCUT2D eigenvalue weighted by Crippen LogP contribution is -2.32. The number of hydrogen-bond acceptors (Lipinski definition) is 2. The number of rotatable bonds is 4. The number of thiophene rings is 1. The van der Waals surface area contributed by atoms with E-state index in [0.29, 0.717) is 6.04 Å². The van der Waals surface area contributed by atoms with E-state index in [1.54, 1.807) is 0 Å². The van der Waals surface area contributed by atoms with Crippen molar-refractivity contribution in [1.29, 1.82) is 0 Å². The minimum absolute atomic E-state index is 0.277. The monoisotopic (exact) mass is 239 g/mol. The molecule has 0 bridgehead atoms. The van der Waals surface area contributed by atoms with Crippen molar-refractivity contribution in [2.24, 2.45) is 5.41 Å². The molecule has 0 aliphatic heterocycles. The van der Waals surface area contributed by atoms with Crippen LogP contribution in [0, 0.1) is 19.3 Å². The van der Waals surface area contributed by atoms with Crippen LogP contribution < -0.4 is 5.32 Å². The topological polar surface area (TPSA) is 12.0 Å². The van der Waals surface area contributed by atoms with Gasteiger partial charge in [-0.2, -0.15) is 0 Å². The normalized spacial score (nSPS) is 14.1. The van der Waals surface area contributed by atoms with Gasteiger partial charge < -0.3 is 5.32 Å². The molecule has 0 aromatic carbocycles. The first-order chi connectivity index (χ1) is 7.36. The van der Waals surface area contributed by atoms with Crippen LogP contribution in [0.1, 0.15) is 55.5 Å². The molecule has 0 radical (unpaired) electrons. The smallest absolute Gasteiger partial charge is 0.0464 e. The van der Waals surface area contributed by atoms with Crippen LogP contribution in [0.15, 0.2) is 6.07 Å². The zero-order chi connectivity index (χ0) is 12.3. The van der Waals surface area contributed by atoms with Gasteiger partial charge in [-0.1, -0.05) is 27.7 Å². The van der Waals surface area contributed by atoms with Gasteiger partial charge in [0.2, 0.25) is 0 Å². The fourth-order valence-electron chi connectivity index (χ4n) is 1.87. The third-order valence-electron chi connectivity index (χ3n) is 2.93. The van der Waals surface area contributed by atoms with Gasteiger partial charge in [-0.15, -0.1) is 11.3 Å². The van der Waals surface area contributed by atoms with Crippen molar-refractivity contribution in [3.8, 4) is 0 Å². The highest BCUT2D eigenvalue weighted by Crippen LogP contribution is 2.37. The molecular formula is C14H25NS. The highest BCUT2D eigenvalue weighted by Gasteiger charge is 2.27. The van der Waals surface area contributed by atoms with Crippen LogP contribution in [-0.4, -0.2) is 6.54 Å². The van der Waals surface area contributed by atoms with Crippen molar-refractivity contribution in [2.45, 2.75) is 54.0 Å². The average molecular weight is 239 g/mol. The van der Waals surface area contributed by atoms with E-state index in [2.05, 4.69) is 52.9 Å². The number of aryl methyl sites for hydroxylation is 2. The molecule has 0 aliphatic rings. The minimum atomic E-state index is 0.277. The van der Waals surface area contributed by atoms with E-state index < -0.39 is 0 Å². The molecule has 1 N–H and O–H groups in total. The molecule has 2 heteroatoms. The lowest BCUT2D eigenvalue weighted by molar-refractivity contribution is 0.277. The SMILES string of the molecule is CCCNC(c1cc(C)c(C)s1)C(C)(C)C. The van der Waals surface area contributed by atoms with Crippen LogP contribution in [0.2, 0.25) is 0 Å². The Labute approximate surface area is 104 Å². The predicted molar refractivity (Wildman–Crippen MR) is 74.3 cm³/mol. The molecule has 0 spiro atoms. The number of hydrogen-bond donors (Lipinski definition) is 1. The molecule has 1 heterocycles. The first kappa shape index (κ1) is 13.7. The van der Waals surface area contributed by atoms with Crippen LogP contribution in [0.3, 0.4) is 0 Å². The van der Waals surface area contributed by atoms with E-state index in [9.17, 15) is 0 Å². The second-order valence-corrected chi connectivity index (χ2v) is 6.93. The fourth-order valence-corrected chi connectivity index (χ4v) is 3.23. The summed E-state index contributed by atoms with van der Waals surface area (Å²) in [6.07, 6.45) is 1.19. The van der Waals surface area contributed by atoms with Crippen molar-refractivity contribution in [3.63, 3.8) is 0 Å². The molecule has 1 unspecified atom stereocenters. The van der Waals surface area contributed by atoms with E-state index >= 15 is 0 Å². The Morgan fingerprint density at radius 3 is 2.31 bits per heavy atom. The van der Waals surface area contributed by atoms with Crippen molar-refractivity contribution in [1.82, 2.24) is 5.32 Å².